The molecule has 1 aromatic heterocycles. The number of unbranched alkanes of at least 4 members (excludes halogenated alkanes) is 2. The molecule has 2 aliphatic carbocycles. The van der Waals surface area contributed by atoms with Crippen LogP contribution in [0.1, 0.15) is 44.1 Å². The van der Waals surface area contributed by atoms with Gasteiger partial charge in [0.25, 0.3) is 0 Å². The quantitative estimate of drug-likeness (QED) is 0.410. The van der Waals surface area contributed by atoms with Gasteiger partial charge in [-0.25, -0.2) is 0 Å². The minimum Gasteiger partial charge on any atom is -0.392 e. The van der Waals surface area contributed by atoms with Gasteiger partial charge in [0.2, 0.25) is 0 Å². The number of aliphatic hydroxyl groups excluding tert-OH is 1. The van der Waals surface area contributed by atoms with Crippen LogP contribution in [0.3, 0.4) is 0 Å². The number of pyridine rings is 1. The van der Waals surface area contributed by atoms with Crippen LogP contribution in [0, 0.1) is 17.8 Å². The van der Waals surface area contributed by atoms with Crippen LogP contribution >= 0.6 is 0 Å². The first-order valence-electron chi connectivity index (χ1n) is 10.2. The van der Waals surface area contributed by atoms with Crippen LogP contribution in [-0.4, -0.2) is 47.5 Å². The molecule has 0 saturated heterocycles. The highest BCUT2D eigenvalue weighted by molar-refractivity contribution is 5.96. The third kappa shape index (κ3) is 5.36. The highest BCUT2D eigenvalue weighted by Crippen LogP contribution is 2.48. The van der Waals surface area contributed by atoms with Crippen LogP contribution in [0.25, 0.3) is 6.08 Å². The summed E-state index contributed by atoms with van der Waals surface area (Å²) in [5, 5.41) is 10.4. The summed E-state index contributed by atoms with van der Waals surface area (Å²) in [6, 6.07) is 3.76. The molecule has 0 aromatic carbocycles. The van der Waals surface area contributed by atoms with Gasteiger partial charge in [-0.1, -0.05) is 24.1 Å². The Bertz CT molecular complexity index is 681. The van der Waals surface area contributed by atoms with Gasteiger partial charge in [0.1, 0.15) is 0 Å². The first-order valence-corrected chi connectivity index (χ1v) is 10.2. The Morgan fingerprint density at radius 1 is 1.26 bits per heavy atom. The van der Waals surface area contributed by atoms with Crippen LogP contribution in [-0.2, 0) is 4.79 Å². The van der Waals surface area contributed by atoms with Crippen LogP contribution in [0.15, 0.2) is 42.3 Å². The zero-order valence-corrected chi connectivity index (χ0v) is 16.6. The summed E-state index contributed by atoms with van der Waals surface area (Å²) in [5.41, 5.74) is 2.46. The molecule has 4 heteroatoms. The van der Waals surface area contributed by atoms with Gasteiger partial charge in [-0.05, 0) is 88.4 Å². The molecule has 0 amide bonds. The molecule has 27 heavy (non-hydrogen) atoms. The number of aromatic nitrogens is 1. The molecule has 1 N–H and O–H groups in total. The third-order valence-electron chi connectivity index (χ3n) is 5.96. The van der Waals surface area contributed by atoms with Crippen molar-refractivity contribution in [3.05, 3.63) is 47.8 Å². The van der Waals surface area contributed by atoms with E-state index in [1.54, 1.807) is 18.5 Å². The van der Waals surface area contributed by atoms with E-state index in [4.69, 9.17) is 0 Å². The number of aliphatic hydroxyl groups is 1. The second kappa shape index (κ2) is 9.43. The fourth-order valence-electron chi connectivity index (χ4n) is 4.60. The standard InChI is InChI=1S/C23H32N2O2/c1-25(2)13-5-3-4-6-18-14-19-16-22(27)23(20(19)15-18)21(26)8-7-17-9-11-24-12-10-17/h7-12,14,19-20,22-23,27H,3-6,13,15-16H2,1-2H3/b8-7+/t19-,20-,22+,23-/m0/s1. The molecular weight excluding hydrogens is 336 g/mol. The summed E-state index contributed by atoms with van der Waals surface area (Å²) in [6.45, 7) is 1.15. The summed E-state index contributed by atoms with van der Waals surface area (Å²) in [7, 11) is 4.23. The molecule has 1 heterocycles. The van der Waals surface area contributed by atoms with Crippen molar-refractivity contribution < 1.29 is 9.90 Å². The van der Waals surface area contributed by atoms with Crippen molar-refractivity contribution in [2.45, 2.75) is 44.6 Å². The molecule has 4 nitrogen and oxygen atoms in total. The van der Waals surface area contributed by atoms with Crippen LogP contribution in [0.5, 0.6) is 0 Å². The zero-order chi connectivity index (χ0) is 19.2. The molecule has 0 unspecified atom stereocenters. The summed E-state index contributed by atoms with van der Waals surface area (Å²) in [6.07, 6.45) is 15.3. The van der Waals surface area contributed by atoms with Crippen LogP contribution in [0.2, 0.25) is 0 Å². The number of hydrogen-bond acceptors (Lipinski definition) is 4. The fraction of sp³-hybridized carbons (Fsp3) is 0.565. The number of fused-ring (bicyclic) bond motifs is 1. The highest BCUT2D eigenvalue weighted by atomic mass is 16.3. The van der Waals surface area contributed by atoms with Crippen molar-refractivity contribution in [3.63, 3.8) is 0 Å². The highest BCUT2D eigenvalue weighted by Gasteiger charge is 2.47. The molecule has 3 rings (SSSR count). The first-order chi connectivity index (χ1) is 13.0. The smallest absolute Gasteiger partial charge is 0.161 e. The van der Waals surface area contributed by atoms with Crippen LogP contribution < -0.4 is 0 Å². The molecule has 0 radical (unpaired) electrons. The molecule has 146 valence electrons. The Kier molecular flexibility index (Phi) is 6.97. The van der Waals surface area contributed by atoms with Gasteiger partial charge < -0.3 is 10.0 Å². The summed E-state index contributed by atoms with van der Waals surface area (Å²) < 4.78 is 0. The number of carbonyl (C=O) groups is 1. The average molecular weight is 369 g/mol. The summed E-state index contributed by atoms with van der Waals surface area (Å²) in [5.74, 6) is 0.467. The Hall–Kier alpha value is -1.78. The predicted molar refractivity (Wildman–Crippen MR) is 109 cm³/mol. The van der Waals surface area contributed by atoms with Crippen molar-refractivity contribution in [2.75, 3.05) is 20.6 Å². The Balaban J connectivity index is 1.51. The molecule has 1 fully saturated rings. The summed E-state index contributed by atoms with van der Waals surface area (Å²) >= 11 is 0. The van der Waals surface area contributed by atoms with E-state index >= 15 is 0 Å². The van der Waals surface area contributed by atoms with Gasteiger partial charge >= 0.3 is 0 Å². The van der Waals surface area contributed by atoms with E-state index < -0.39 is 6.10 Å². The predicted octanol–water partition coefficient (Wildman–Crippen LogP) is 3.73. The minimum absolute atomic E-state index is 0.0624. The number of carbonyl (C=O) groups excluding carboxylic acids is 1. The lowest BCUT2D eigenvalue weighted by Gasteiger charge is -2.19. The number of hydrogen-bond donors (Lipinski definition) is 1. The van der Waals surface area contributed by atoms with E-state index in [9.17, 15) is 9.90 Å². The maximum absolute atomic E-state index is 12.8. The normalized spacial score (nSPS) is 27.3. The second-order valence-electron chi connectivity index (χ2n) is 8.32. The van der Waals surface area contributed by atoms with E-state index in [1.165, 1.54) is 24.8 Å². The first kappa shape index (κ1) is 20.0. The lowest BCUT2D eigenvalue weighted by atomic mass is 9.86. The number of rotatable bonds is 9. The van der Waals surface area contributed by atoms with E-state index in [1.807, 2.05) is 18.2 Å². The van der Waals surface area contributed by atoms with E-state index in [0.717, 1.165) is 31.4 Å². The van der Waals surface area contributed by atoms with Gasteiger partial charge in [0.15, 0.2) is 5.78 Å². The van der Waals surface area contributed by atoms with E-state index in [2.05, 4.69) is 30.1 Å². The number of nitrogens with zero attached hydrogens (tertiary/aromatic N) is 2. The fourth-order valence-corrected chi connectivity index (χ4v) is 4.60. The maximum atomic E-state index is 12.8. The molecule has 4 atom stereocenters. The molecule has 1 saturated carbocycles. The van der Waals surface area contributed by atoms with Crippen molar-refractivity contribution in [2.24, 2.45) is 17.8 Å². The molecule has 2 aliphatic rings. The monoisotopic (exact) mass is 368 g/mol. The minimum atomic E-state index is -0.507. The van der Waals surface area contributed by atoms with Crippen molar-refractivity contribution in [1.82, 2.24) is 9.88 Å². The topological polar surface area (TPSA) is 53.4 Å². The SMILES string of the molecule is CN(C)CCCCCC1=C[C@H]2C[C@@H](O)[C@H](C(=O)/C=C/c3ccncc3)[C@H]2C1. The Morgan fingerprint density at radius 2 is 2.04 bits per heavy atom. The van der Waals surface area contributed by atoms with E-state index in [-0.39, 0.29) is 17.6 Å². The van der Waals surface area contributed by atoms with E-state index in [0.29, 0.717) is 5.92 Å². The molecule has 0 spiro atoms. The Labute approximate surface area is 163 Å². The number of allylic oxidation sites excluding steroid dienone is 3. The third-order valence-corrected chi connectivity index (χ3v) is 5.96. The molecule has 1 aromatic rings. The average Bonchev–Trinajstić information content (AvgIpc) is 3.16. The number of ketones is 1. The summed E-state index contributed by atoms with van der Waals surface area (Å²) in [4.78, 5) is 19.0. The second-order valence-corrected chi connectivity index (χ2v) is 8.32. The Morgan fingerprint density at radius 3 is 2.78 bits per heavy atom. The lowest BCUT2D eigenvalue weighted by molar-refractivity contribution is -0.121. The van der Waals surface area contributed by atoms with Gasteiger partial charge in [-0.15, -0.1) is 0 Å². The van der Waals surface area contributed by atoms with Crippen molar-refractivity contribution >= 4 is 11.9 Å². The lowest BCUT2D eigenvalue weighted by Crippen LogP contribution is -2.27. The largest absolute Gasteiger partial charge is 0.392 e. The van der Waals surface area contributed by atoms with Gasteiger partial charge in [-0.3, -0.25) is 9.78 Å². The molecular formula is C23H32N2O2. The zero-order valence-electron chi connectivity index (χ0n) is 16.6. The molecule has 0 aliphatic heterocycles. The van der Waals surface area contributed by atoms with Crippen molar-refractivity contribution in [1.29, 1.82) is 0 Å². The molecule has 0 bridgehead atoms. The van der Waals surface area contributed by atoms with Gasteiger partial charge in [0, 0.05) is 12.4 Å². The van der Waals surface area contributed by atoms with Crippen LogP contribution in [0.4, 0.5) is 0 Å². The van der Waals surface area contributed by atoms with Gasteiger partial charge in [0.05, 0.1) is 12.0 Å². The van der Waals surface area contributed by atoms with Crippen molar-refractivity contribution in [3.8, 4) is 0 Å². The maximum Gasteiger partial charge on any atom is 0.161 e. The van der Waals surface area contributed by atoms with Gasteiger partial charge in [-0.2, -0.15) is 0 Å².